The Hall–Kier alpha value is -3.37. The van der Waals surface area contributed by atoms with Crippen LogP contribution in [0.5, 0.6) is 0 Å². The average molecular weight is 290 g/mol. The van der Waals surface area contributed by atoms with Crippen molar-refractivity contribution in [2.24, 2.45) is 10.1 Å². The number of hydrogen-bond donors (Lipinski definition) is 0. The van der Waals surface area contributed by atoms with Crippen molar-refractivity contribution in [2.45, 2.75) is 0 Å². The number of furan rings is 1. The summed E-state index contributed by atoms with van der Waals surface area (Å²) in [6.07, 6.45) is 0.987. The van der Waals surface area contributed by atoms with Crippen LogP contribution in [0.25, 0.3) is 32.7 Å². The van der Waals surface area contributed by atoms with Crippen LogP contribution in [0, 0.1) is 0 Å². The topological polar surface area (TPSA) is 91.3 Å². The molecule has 6 heteroatoms. The van der Waals surface area contributed by atoms with E-state index < -0.39 is 5.91 Å². The number of fused-ring (bicyclic) bond motifs is 1. The summed E-state index contributed by atoms with van der Waals surface area (Å²) in [6, 6.07) is 16.9. The van der Waals surface area contributed by atoms with Crippen LogP contribution < -0.4 is 0 Å². The molecule has 0 aliphatic heterocycles. The first-order valence-corrected chi connectivity index (χ1v) is 6.49. The number of rotatable bonds is 3. The Labute approximate surface area is 125 Å². The van der Waals surface area contributed by atoms with E-state index in [2.05, 4.69) is 15.0 Å². The third-order valence-electron chi connectivity index (χ3n) is 3.05. The Bertz CT molecular complexity index is 888. The number of azide groups is 1. The van der Waals surface area contributed by atoms with Gasteiger partial charge in [-0.2, -0.15) is 0 Å². The lowest BCUT2D eigenvalue weighted by Gasteiger charge is -2.01. The molecule has 0 aliphatic carbocycles. The predicted octanol–water partition coefficient (Wildman–Crippen LogP) is 4.64. The Kier molecular flexibility index (Phi) is 3.68. The van der Waals surface area contributed by atoms with Crippen LogP contribution in [0.1, 0.15) is 0 Å². The van der Waals surface area contributed by atoms with Gasteiger partial charge in [0.25, 0.3) is 5.91 Å². The van der Waals surface area contributed by atoms with Crippen molar-refractivity contribution in [3.05, 3.63) is 65.0 Å². The molecule has 6 nitrogen and oxygen atoms in total. The Morgan fingerprint density at radius 2 is 1.91 bits per heavy atom. The van der Waals surface area contributed by atoms with E-state index in [1.54, 1.807) is 12.1 Å². The van der Waals surface area contributed by atoms with Crippen molar-refractivity contribution in [1.82, 2.24) is 0 Å². The van der Waals surface area contributed by atoms with Gasteiger partial charge in [0.2, 0.25) is 0 Å². The molecule has 0 radical (unpaired) electrons. The molecule has 0 saturated heterocycles. The van der Waals surface area contributed by atoms with Gasteiger partial charge in [-0.3, -0.25) is 9.79 Å². The summed E-state index contributed by atoms with van der Waals surface area (Å²) in [6.45, 7) is 0. The van der Waals surface area contributed by atoms with Gasteiger partial charge >= 0.3 is 0 Å². The fourth-order valence-electron chi connectivity index (χ4n) is 2.10. The van der Waals surface area contributed by atoms with E-state index in [4.69, 9.17) is 9.95 Å². The third-order valence-corrected chi connectivity index (χ3v) is 3.05. The first-order valence-electron chi connectivity index (χ1n) is 6.49. The number of carbonyl (C=O) groups is 1. The maximum Gasteiger partial charge on any atom is 0.260 e. The lowest BCUT2D eigenvalue weighted by molar-refractivity contribution is -0.111. The summed E-state index contributed by atoms with van der Waals surface area (Å²) in [5.41, 5.74) is 10.3. The van der Waals surface area contributed by atoms with Crippen molar-refractivity contribution < 1.29 is 9.21 Å². The largest absolute Gasteiger partial charge is 0.456 e. The second-order valence-corrected chi connectivity index (χ2v) is 4.45. The van der Waals surface area contributed by atoms with E-state index in [0.717, 1.165) is 22.7 Å². The standard InChI is InChI=1S/C16H10N4O2/c17-20-19-16(21)10-18-13-7-3-2-6-12(13)15-9-11-5-1-4-8-14(11)22-15/h1-10H. The van der Waals surface area contributed by atoms with Crippen molar-refractivity contribution in [3.8, 4) is 11.3 Å². The predicted molar refractivity (Wildman–Crippen MR) is 84.0 cm³/mol. The number of hydrogen-bond acceptors (Lipinski definition) is 3. The molecule has 0 aliphatic rings. The maximum absolute atomic E-state index is 11.2. The van der Waals surface area contributed by atoms with Gasteiger partial charge in [0.1, 0.15) is 11.3 Å². The van der Waals surface area contributed by atoms with Crippen LogP contribution in [0.3, 0.4) is 0 Å². The number of aliphatic imine (C=N–C) groups is 1. The molecular formula is C16H10N4O2. The van der Waals surface area contributed by atoms with Crippen LogP contribution in [0.2, 0.25) is 0 Å². The summed E-state index contributed by atoms with van der Waals surface area (Å²) in [4.78, 5) is 17.7. The minimum Gasteiger partial charge on any atom is -0.456 e. The average Bonchev–Trinajstić information content (AvgIpc) is 2.97. The zero-order valence-corrected chi connectivity index (χ0v) is 11.4. The third kappa shape index (κ3) is 2.72. The van der Waals surface area contributed by atoms with Crippen LogP contribution >= 0.6 is 0 Å². The molecule has 0 spiro atoms. The molecule has 0 atom stereocenters. The Morgan fingerprint density at radius 1 is 1.14 bits per heavy atom. The first-order chi connectivity index (χ1) is 10.8. The number of nitrogens with zero attached hydrogens (tertiary/aromatic N) is 4. The van der Waals surface area contributed by atoms with Gasteiger partial charge in [-0.15, -0.1) is 0 Å². The van der Waals surface area contributed by atoms with E-state index in [-0.39, 0.29) is 0 Å². The normalized spacial score (nSPS) is 10.7. The quantitative estimate of drug-likeness (QED) is 0.304. The number of amides is 1. The van der Waals surface area contributed by atoms with Gasteiger partial charge in [0, 0.05) is 15.9 Å². The molecule has 1 amide bonds. The highest BCUT2D eigenvalue weighted by Gasteiger charge is 2.09. The summed E-state index contributed by atoms with van der Waals surface area (Å²) in [7, 11) is 0. The van der Waals surface area contributed by atoms with Gasteiger partial charge in [0.15, 0.2) is 0 Å². The van der Waals surface area contributed by atoms with Gasteiger partial charge in [-0.25, -0.2) is 0 Å². The minimum atomic E-state index is -0.748. The van der Waals surface area contributed by atoms with Gasteiger partial charge in [0.05, 0.1) is 11.9 Å². The fraction of sp³-hybridized carbons (Fsp3) is 0. The highest BCUT2D eigenvalue weighted by Crippen LogP contribution is 2.33. The smallest absolute Gasteiger partial charge is 0.260 e. The second-order valence-electron chi connectivity index (χ2n) is 4.45. The van der Waals surface area contributed by atoms with Crippen molar-refractivity contribution in [2.75, 3.05) is 0 Å². The summed E-state index contributed by atoms with van der Waals surface area (Å²) in [5.74, 6) is -0.0907. The molecule has 0 bridgehead atoms. The number of para-hydroxylation sites is 2. The Morgan fingerprint density at radius 3 is 2.73 bits per heavy atom. The van der Waals surface area contributed by atoms with Crippen LogP contribution in [0.4, 0.5) is 5.69 Å². The highest BCUT2D eigenvalue weighted by molar-refractivity contribution is 6.27. The SMILES string of the molecule is [N-]=[N+]=NC(=O)C=Nc1ccccc1-c1cc2ccccc2o1. The highest BCUT2D eigenvalue weighted by atomic mass is 16.3. The van der Waals surface area contributed by atoms with E-state index in [0.29, 0.717) is 11.4 Å². The van der Waals surface area contributed by atoms with Crippen molar-refractivity contribution in [3.63, 3.8) is 0 Å². The zero-order chi connectivity index (χ0) is 15.4. The molecule has 0 N–H and O–H groups in total. The summed E-state index contributed by atoms with van der Waals surface area (Å²) < 4.78 is 5.81. The molecule has 0 saturated carbocycles. The second kappa shape index (κ2) is 5.95. The molecule has 0 fully saturated rings. The first kappa shape index (κ1) is 13.6. The zero-order valence-electron chi connectivity index (χ0n) is 11.4. The molecule has 22 heavy (non-hydrogen) atoms. The maximum atomic E-state index is 11.2. The van der Waals surface area contributed by atoms with Crippen LogP contribution in [-0.4, -0.2) is 12.1 Å². The van der Waals surface area contributed by atoms with Crippen LogP contribution in [-0.2, 0) is 4.79 Å². The molecule has 2 aromatic carbocycles. The number of benzene rings is 2. The number of carbonyl (C=O) groups excluding carboxylic acids is 1. The molecule has 0 unspecified atom stereocenters. The molecule has 3 rings (SSSR count). The lowest BCUT2D eigenvalue weighted by atomic mass is 10.1. The minimum absolute atomic E-state index is 0.558. The van der Waals surface area contributed by atoms with Gasteiger partial charge in [-0.05, 0) is 34.9 Å². The van der Waals surface area contributed by atoms with Gasteiger partial charge in [-0.1, -0.05) is 30.3 Å². The van der Waals surface area contributed by atoms with Crippen molar-refractivity contribution >= 4 is 28.8 Å². The molecule has 1 heterocycles. The summed E-state index contributed by atoms with van der Waals surface area (Å²) in [5, 5.41) is 3.93. The molecule has 3 aromatic rings. The monoisotopic (exact) mass is 290 g/mol. The van der Waals surface area contributed by atoms with E-state index >= 15 is 0 Å². The lowest BCUT2D eigenvalue weighted by Crippen LogP contribution is -1.91. The van der Waals surface area contributed by atoms with Crippen LogP contribution in [0.15, 0.2) is 69.1 Å². The fourth-order valence-corrected chi connectivity index (χ4v) is 2.10. The summed E-state index contributed by atoms with van der Waals surface area (Å²) >= 11 is 0. The van der Waals surface area contributed by atoms with Crippen molar-refractivity contribution in [1.29, 1.82) is 0 Å². The Balaban J connectivity index is 2.04. The van der Waals surface area contributed by atoms with E-state index in [9.17, 15) is 4.79 Å². The molecule has 106 valence electrons. The molecule has 1 aromatic heterocycles. The molecular weight excluding hydrogens is 280 g/mol. The van der Waals surface area contributed by atoms with E-state index in [1.165, 1.54) is 0 Å². The van der Waals surface area contributed by atoms with Gasteiger partial charge < -0.3 is 4.42 Å². The van der Waals surface area contributed by atoms with E-state index in [1.807, 2.05) is 42.5 Å².